The van der Waals surface area contributed by atoms with Crippen LogP contribution in [0.2, 0.25) is 0 Å². The van der Waals surface area contributed by atoms with E-state index in [1.165, 1.54) is 31.4 Å². The molecule has 0 N–H and O–H groups in total. The Bertz CT molecular complexity index is 1140. The van der Waals surface area contributed by atoms with Crippen LogP contribution in [0.15, 0.2) is 94.7 Å². The molecule has 32 heavy (non-hydrogen) atoms. The highest BCUT2D eigenvalue weighted by Crippen LogP contribution is 2.29. The third-order valence-electron chi connectivity index (χ3n) is 4.79. The van der Waals surface area contributed by atoms with Crippen LogP contribution in [0.25, 0.3) is 0 Å². The number of rotatable bonds is 10. The normalized spacial score (nSPS) is 13.1. The second-order valence-electron chi connectivity index (χ2n) is 6.81. The monoisotopic (exact) mass is 475 g/mol. The molecular weight excluding hydrogens is 450 g/mol. The summed E-state index contributed by atoms with van der Waals surface area (Å²) in [5.41, 5.74) is 0.629. The first kappa shape index (κ1) is 23.9. The van der Waals surface area contributed by atoms with E-state index in [0.717, 1.165) is 0 Å². The first-order valence-corrected chi connectivity index (χ1v) is 12.8. The number of hydrogen-bond acceptors (Lipinski definition) is 6. The molecule has 0 aliphatic carbocycles. The number of ether oxygens (including phenoxy) is 2. The zero-order valence-corrected chi connectivity index (χ0v) is 19.4. The van der Waals surface area contributed by atoms with Crippen LogP contribution in [-0.4, -0.2) is 40.8 Å². The predicted molar refractivity (Wildman–Crippen MR) is 121 cm³/mol. The van der Waals surface area contributed by atoms with Crippen molar-refractivity contribution in [1.82, 2.24) is 3.71 Å². The molecule has 0 saturated carbocycles. The van der Waals surface area contributed by atoms with E-state index >= 15 is 0 Å². The summed E-state index contributed by atoms with van der Waals surface area (Å²) in [5.74, 6) is 0.620. The van der Waals surface area contributed by atoms with Crippen LogP contribution in [0.4, 0.5) is 0 Å². The topological polar surface area (TPSA) is 90.0 Å². The number of benzene rings is 3. The van der Waals surface area contributed by atoms with Crippen LogP contribution in [0.1, 0.15) is 18.6 Å². The van der Waals surface area contributed by atoms with Gasteiger partial charge in [-0.2, -0.15) is 0 Å². The molecule has 0 aliphatic rings. The average Bonchev–Trinajstić information content (AvgIpc) is 2.82. The Kier molecular flexibility index (Phi) is 7.68. The molecule has 9 heteroatoms. The first-order valence-electron chi connectivity index (χ1n) is 9.94. The SMILES string of the molecule is CCOC(CN(S(=O)(=O)c1ccccc1)S(=O)(=O)c1ccccc1)c1ccc(OC)cc1. The van der Waals surface area contributed by atoms with Crippen molar-refractivity contribution in [3.05, 3.63) is 90.5 Å². The molecular formula is C23H25NO6S2. The van der Waals surface area contributed by atoms with Gasteiger partial charge in [-0.25, -0.2) is 16.8 Å². The molecule has 0 aliphatic heterocycles. The minimum atomic E-state index is -4.40. The maximum Gasteiger partial charge on any atom is 0.256 e. The molecule has 3 aromatic rings. The predicted octanol–water partition coefficient (Wildman–Crippen LogP) is 3.85. The van der Waals surface area contributed by atoms with Gasteiger partial charge in [0.2, 0.25) is 0 Å². The summed E-state index contributed by atoms with van der Waals surface area (Å²) in [6, 6.07) is 21.8. The first-order chi connectivity index (χ1) is 15.3. The van der Waals surface area contributed by atoms with E-state index in [0.29, 0.717) is 15.0 Å². The highest BCUT2D eigenvalue weighted by molar-refractivity contribution is 8.04. The van der Waals surface area contributed by atoms with Crippen LogP contribution in [-0.2, 0) is 24.8 Å². The summed E-state index contributed by atoms with van der Waals surface area (Å²) in [7, 11) is -7.26. The molecule has 3 rings (SSSR count). The molecule has 0 amide bonds. The van der Waals surface area contributed by atoms with Gasteiger partial charge >= 0.3 is 0 Å². The largest absolute Gasteiger partial charge is 0.497 e. The molecule has 0 spiro atoms. The van der Waals surface area contributed by atoms with E-state index < -0.39 is 32.7 Å². The molecule has 0 radical (unpaired) electrons. The third-order valence-corrected chi connectivity index (χ3v) is 9.07. The van der Waals surface area contributed by atoms with Crippen molar-refractivity contribution in [1.29, 1.82) is 0 Å². The minimum Gasteiger partial charge on any atom is -0.497 e. The number of nitrogens with zero attached hydrogens (tertiary/aromatic N) is 1. The lowest BCUT2D eigenvalue weighted by molar-refractivity contribution is 0.0574. The highest BCUT2D eigenvalue weighted by Gasteiger charge is 2.38. The fraction of sp³-hybridized carbons (Fsp3) is 0.217. The summed E-state index contributed by atoms with van der Waals surface area (Å²) in [6.07, 6.45) is -0.817. The molecule has 0 fully saturated rings. The Morgan fingerprint density at radius 2 is 1.22 bits per heavy atom. The summed E-state index contributed by atoms with van der Waals surface area (Å²) in [4.78, 5) is -0.242. The van der Waals surface area contributed by atoms with Gasteiger partial charge in [0.15, 0.2) is 0 Å². The van der Waals surface area contributed by atoms with Gasteiger partial charge in [-0.3, -0.25) is 0 Å². The van der Waals surface area contributed by atoms with Gasteiger partial charge in [-0.1, -0.05) is 52.2 Å². The van der Waals surface area contributed by atoms with Gasteiger partial charge in [-0.05, 0) is 48.9 Å². The summed E-state index contributed by atoms with van der Waals surface area (Å²) in [5, 5.41) is 0. The highest BCUT2D eigenvalue weighted by atomic mass is 32.3. The number of methoxy groups -OCH3 is 1. The van der Waals surface area contributed by atoms with E-state index in [1.54, 1.807) is 67.6 Å². The fourth-order valence-electron chi connectivity index (χ4n) is 3.15. The van der Waals surface area contributed by atoms with Gasteiger partial charge in [0.25, 0.3) is 20.0 Å². The zero-order chi connectivity index (χ0) is 23.2. The van der Waals surface area contributed by atoms with Gasteiger partial charge in [0.05, 0.1) is 29.5 Å². The summed E-state index contributed by atoms with van der Waals surface area (Å²) >= 11 is 0. The zero-order valence-electron chi connectivity index (χ0n) is 17.8. The molecule has 0 saturated heterocycles. The van der Waals surface area contributed by atoms with Crippen LogP contribution >= 0.6 is 0 Å². The number of hydrogen-bond donors (Lipinski definition) is 0. The van der Waals surface area contributed by atoms with Crippen molar-refractivity contribution in [3.63, 3.8) is 0 Å². The Balaban J connectivity index is 2.10. The molecule has 3 aromatic carbocycles. The van der Waals surface area contributed by atoms with Gasteiger partial charge < -0.3 is 9.47 Å². The Hall–Kier alpha value is -2.72. The molecule has 0 aromatic heterocycles. The van der Waals surface area contributed by atoms with Crippen LogP contribution in [0.5, 0.6) is 5.75 Å². The average molecular weight is 476 g/mol. The van der Waals surface area contributed by atoms with E-state index in [-0.39, 0.29) is 16.4 Å². The molecule has 7 nitrogen and oxygen atoms in total. The fourth-order valence-corrected chi connectivity index (χ4v) is 6.84. The maximum absolute atomic E-state index is 13.5. The van der Waals surface area contributed by atoms with Gasteiger partial charge in [0, 0.05) is 6.61 Å². The van der Waals surface area contributed by atoms with Crippen LogP contribution in [0, 0.1) is 0 Å². The Labute approximate surface area is 189 Å². The van der Waals surface area contributed by atoms with Crippen molar-refractivity contribution in [2.24, 2.45) is 0 Å². The second kappa shape index (κ2) is 10.3. The molecule has 1 atom stereocenters. The smallest absolute Gasteiger partial charge is 0.256 e. The lowest BCUT2D eigenvalue weighted by Crippen LogP contribution is -2.40. The standard InChI is InChI=1S/C23H25NO6S2/c1-3-30-23(19-14-16-20(29-2)17-15-19)18-24(31(25,26)21-10-6-4-7-11-21)32(27,28)22-12-8-5-9-13-22/h4-17,23H,3,18H2,1-2H3. The summed E-state index contributed by atoms with van der Waals surface area (Å²) in [6.45, 7) is 1.61. The molecule has 0 heterocycles. The van der Waals surface area contributed by atoms with Crippen molar-refractivity contribution in [3.8, 4) is 5.75 Å². The second-order valence-corrected chi connectivity index (χ2v) is 10.8. The van der Waals surface area contributed by atoms with E-state index in [1.807, 2.05) is 0 Å². The maximum atomic E-state index is 13.5. The van der Waals surface area contributed by atoms with Crippen molar-refractivity contribution < 1.29 is 26.3 Å². The van der Waals surface area contributed by atoms with Gasteiger partial charge in [-0.15, -0.1) is 0 Å². The van der Waals surface area contributed by atoms with E-state index in [9.17, 15) is 16.8 Å². The lowest BCUT2D eigenvalue weighted by Gasteiger charge is -2.27. The van der Waals surface area contributed by atoms with E-state index in [4.69, 9.17) is 9.47 Å². The Morgan fingerprint density at radius 3 is 1.62 bits per heavy atom. The quantitative estimate of drug-likeness (QED) is 0.442. The minimum absolute atomic E-state index is 0.121. The van der Waals surface area contributed by atoms with E-state index in [2.05, 4.69) is 0 Å². The number of sulfonamides is 2. The van der Waals surface area contributed by atoms with Crippen molar-refractivity contribution in [2.75, 3.05) is 20.3 Å². The third kappa shape index (κ3) is 5.18. The van der Waals surface area contributed by atoms with Crippen molar-refractivity contribution >= 4 is 20.0 Å². The lowest BCUT2D eigenvalue weighted by atomic mass is 10.1. The molecule has 1 unspecified atom stereocenters. The molecule has 170 valence electrons. The summed E-state index contributed by atoms with van der Waals surface area (Å²) < 4.78 is 65.5. The van der Waals surface area contributed by atoms with Crippen molar-refractivity contribution in [2.45, 2.75) is 22.8 Å². The van der Waals surface area contributed by atoms with Crippen LogP contribution < -0.4 is 4.74 Å². The molecule has 0 bridgehead atoms. The Morgan fingerprint density at radius 1 is 0.750 bits per heavy atom. The van der Waals surface area contributed by atoms with Crippen LogP contribution in [0.3, 0.4) is 0 Å². The van der Waals surface area contributed by atoms with Gasteiger partial charge in [0.1, 0.15) is 5.75 Å².